The zero-order chi connectivity index (χ0) is 19.1. The number of thiocarbonyl (C=S) groups is 1. The fraction of sp³-hybridized carbons (Fsp3) is 0.409. The molecule has 2 aromatic carbocycles. The summed E-state index contributed by atoms with van der Waals surface area (Å²) >= 11 is 5.59. The number of hydrogen-bond donors (Lipinski definition) is 3. The van der Waals surface area contributed by atoms with Crippen molar-refractivity contribution in [2.45, 2.75) is 32.4 Å². The molecule has 0 saturated carbocycles. The number of anilines is 1. The van der Waals surface area contributed by atoms with Crippen LogP contribution in [0.3, 0.4) is 0 Å². The highest BCUT2D eigenvalue weighted by molar-refractivity contribution is 7.80. The molecule has 0 amide bonds. The van der Waals surface area contributed by atoms with Gasteiger partial charge in [0.25, 0.3) is 0 Å². The maximum Gasteiger partial charge on any atom is 0.171 e. The predicted octanol–water partition coefficient (Wildman–Crippen LogP) is 2.58. The molecule has 0 aliphatic carbocycles. The fourth-order valence-corrected chi connectivity index (χ4v) is 4.07. The minimum Gasteiger partial charge on any atom is -0.370 e. The van der Waals surface area contributed by atoms with Gasteiger partial charge in [-0.15, -0.1) is 0 Å². The zero-order valence-electron chi connectivity index (χ0n) is 16.2. The first-order chi connectivity index (χ1) is 13.2. The van der Waals surface area contributed by atoms with Crippen molar-refractivity contribution in [3.05, 3.63) is 65.7 Å². The van der Waals surface area contributed by atoms with Crippen LogP contribution in [-0.2, 0) is 11.2 Å². The Hall–Kier alpha value is -1.95. The number of quaternary nitrogens is 1. The Kier molecular flexibility index (Phi) is 7.21. The largest absolute Gasteiger partial charge is 0.370 e. The van der Waals surface area contributed by atoms with Crippen LogP contribution >= 0.6 is 12.2 Å². The lowest BCUT2D eigenvalue weighted by molar-refractivity contribution is -0.940. The molecular formula is C22H30N3OS+. The molecule has 2 atom stereocenters. The molecule has 144 valence electrons. The van der Waals surface area contributed by atoms with Crippen LogP contribution < -0.4 is 15.5 Å². The summed E-state index contributed by atoms with van der Waals surface area (Å²) in [5.41, 5.74) is 3.68. The molecule has 1 heterocycles. The van der Waals surface area contributed by atoms with Gasteiger partial charge in [0.2, 0.25) is 0 Å². The van der Waals surface area contributed by atoms with Crippen LogP contribution in [0.4, 0.5) is 5.69 Å². The minimum atomic E-state index is 0.204. The van der Waals surface area contributed by atoms with Crippen LogP contribution in [0.2, 0.25) is 0 Å². The van der Waals surface area contributed by atoms with Crippen LogP contribution in [0.1, 0.15) is 31.0 Å². The maximum absolute atomic E-state index is 5.59. The summed E-state index contributed by atoms with van der Waals surface area (Å²) in [5, 5.41) is 7.50. The average molecular weight is 385 g/mol. The third-order valence-corrected chi connectivity index (χ3v) is 5.43. The maximum atomic E-state index is 5.59. The summed E-state index contributed by atoms with van der Waals surface area (Å²) in [7, 11) is 0. The van der Waals surface area contributed by atoms with Gasteiger partial charge in [-0.05, 0) is 43.3 Å². The molecule has 3 N–H and O–H groups in total. The molecule has 0 spiro atoms. The second kappa shape index (κ2) is 9.83. The number of morpholine rings is 1. The molecule has 1 saturated heterocycles. The highest BCUT2D eigenvalue weighted by Gasteiger charge is 2.31. The molecule has 1 aliphatic rings. The molecule has 3 rings (SSSR count). The highest BCUT2D eigenvalue weighted by atomic mass is 32.1. The van der Waals surface area contributed by atoms with Crippen molar-refractivity contribution in [3.63, 3.8) is 0 Å². The summed E-state index contributed by atoms with van der Waals surface area (Å²) < 4.78 is 5.57. The lowest BCUT2D eigenvalue weighted by Gasteiger charge is -2.35. The van der Waals surface area contributed by atoms with Gasteiger partial charge in [0.15, 0.2) is 5.11 Å². The summed E-state index contributed by atoms with van der Waals surface area (Å²) in [4.78, 5) is 1.54. The Morgan fingerprint density at radius 1 is 1.07 bits per heavy atom. The Morgan fingerprint density at radius 2 is 1.74 bits per heavy atom. The molecule has 0 bridgehead atoms. The van der Waals surface area contributed by atoms with E-state index in [1.807, 2.05) is 0 Å². The number of nitrogens with one attached hydrogen (secondary N) is 3. The fourth-order valence-electron chi connectivity index (χ4n) is 3.76. The number of hydrogen-bond acceptors (Lipinski definition) is 2. The van der Waals surface area contributed by atoms with E-state index >= 15 is 0 Å². The van der Waals surface area contributed by atoms with E-state index in [1.54, 1.807) is 4.90 Å². The Morgan fingerprint density at radius 3 is 2.37 bits per heavy atom. The normalized spacial score (nSPS) is 17.1. The molecule has 27 heavy (non-hydrogen) atoms. The molecule has 5 heteroatoms. The van der Waals surface area contributed by atoms with E-state index in [1.165, 1.54) is 11.1 Å². The molecule has 0 radical (unpaired) electrons. The first-order valence-corrected chi connectivity index (χ1v) is 10.2. The van der Waals surface area contributed by atoms with Crippen molar-refractivity contribution in [2.75, 3.05) is 31.6 Å². The van der Waals surface area contributed by atoms with Gasteiger partial charge in [-0.25, -0.2) is 0 Å². The van der Waals surface area contributed by atoms with E-state index in [0.29, 0.717) is 11.2 Å². The van der Waals surface area contributed by atoms with Crippen molar-refractivity contribution < 1.29 is 9.64 Å². The van der Waals surface area contributed by atoms with Gasteiger partial charge in [-0.3, -0.25) is 0 Å². The van der Waals surface area contributed by atoms with Gasteiger partial charge in [0, 0.05) is 11.3 Å². The smallest absolute Gasteiger partial charge is 0.171 e. The lowest BCUT2D eigenvalue weighted by Crippen LogP contribution is -3.15. The molecule has 1 fully saturated rings. The van der Waals surface area contributed by atoms with Gasteiger partial charge in [-0.1, -0.05) is 49.4 Å². The second-order valence-corrected chi connectivity index (χ2v) is 7.50. The molecular weight excluding hydrogens is 354 g/mol. The Bertz CT molecular complexity index is 714. The number of rotatable bonds is 6. The first kappa shape index (κ1) is 19.8. The van der Waals surface area contributed by atoms with Crippen LogP contribution in [0, 0.1) is 0 Å². The van der Waals surface area contributed by atoms with Crippen molar-refractivity contribution in [3.8, 4) is 0 Å². The average Bonchev–Trinajstić information content (AvgIpc) is 2.70. The summed E-state index contributed by atoms with van der Waals surface area (Å²) in [5.74, 6) is 0. The van der Waals surface area contributed by atoms with Crippen molar-refractivity contribution in [1.82, 2.24) is 5.32 Å². The van der Waals surface area contributed by atoms with E-state index in [-0.39, 0.29) is 6.04 Å². The van der Waals surface area contributed by atoms with Crippen LogP contribution in [-0.4, -0.2) is 37.5 Å². The van der Waals surface area contributed by atoms with Crippen LogP contribution in [0.15, 0.2) is 54.6 Å². The van der Waals surface area contributed by atoms with Gasteiger partial charge >= 0.3 is 0 Å². The van der Waals surface area contributed by atoms with Crippen LogP contribution in [0.25, 0.3) is 0 Å². The van der Waals surface area contributed by atoms with E-state index in [0.717, 1.165) is 38.4 Å². The van der Waals surface area contributed by atoms with Crippen molar-refractivity contribution >= 4 is 23.0 Å². The van der Waals surface area contributed by atoms with Crippen molar-refractivity contribution in [1.29, 1.82) is 0 Å². The van der Waals surface area contributed by atoms with E-state index in [4.69, 9.17) is 17.0 Å². The summed E-state index contributed by atoms with van der Waals surface area (Å²) in [6, 6.07) is 19.7. The summed E-state index contributed by atoms with van der Waals surface area (Å²) in [6.45, 7) is 8.05. The quantitative estimate of drug-likeness (QED) is 0.670. The van der Waals surface area contributed by atoms with Gasteiger partial charge in [0.1, 0.15) is 19.1 Å². The Labute approximate surface area is 167 Å². The van der Waals surface area contributed by atoms with Gasteiger partial charge < -0.3 is 20.3 Å². The molecule has 2 aromatic rings. The highest BCUT2D eigenvalue weighted by Crippen LogP contribution is 2.15. The molecule has 4 nitrogen and oxygen atoms in total. The predicted molar refractivity (Wildman–Crippen MR) is 115 cm³/mol. The SMILES string of the molecule is CCc1ccc(NC(=S)N[C@@H](C)[C@@H](c2ccccc2)[NH+]2CCOCC2)cc1. The number of aryl methyl sites for hydroxylation is 1. The standard InChI is InChI=1S/C22H29N3OS/c1-3-18-9-11-20(12-10-18)24-22(27)23-17(2)21(19-7-5-4-6-8-19)25-13-15-26-16-14-25/h4-12,17,21H,3,13-16H2,1-2H3,(H2,23,24,27)/p+1/t17-,21-/m0/s1. The van der Waals surface area contributed by atoms with Crippen molar-refractivity contribution in [2.24, 2.45) is 0 Å². The van der Waals surface area contributed by atoms with E-state index < -0.39 is 0 Å². The third kappa shape index (κ3) is 5.51. The van der Waals surface area contributed by atoms with Crippen LogP contribution in [0.5, 0.6) is 0 Å². The number of ether oxygens (including phenoxy) is 1. The third-order valence-electron chi connectivity index (χ3n) is 5.21. The molecule has 1 aliphatic heterocycles. The zero-order valence-corrected chi connectivity index (χ0v) is 17.0. The van der Waals surface area contributed by atoms with E-state index in [2.05, 4.69) is 79.1 Å². The van der Waals surface area contributed by atoms with Gasteiger partial charge in [-0.2, -0.15) is 0 Å². The lowest BCUT2D eigenvalue weighted by atomic mass is 9.98. The minimum absolute atomic E-state index is 0.204. The molecule has 0 unspecified atom stereocenters. The van der Waals surface area contributed by atoms with E-state index in [9.17, 15) is 0 Å². The summed E-state index contributed by atoms with van der Waals surface area (Å²) in [6.07, 6.45) is 1.04. The number of benzene rings is 2. The topological polar surface area (TPSA) is 37.7 Å². The Balaban J connectivity index is 1.67. The second-order valence-electron chi connectivity index (χ2n) is 7.10. The first-order valence-electron chi connectivity index (χ1n) is 9.81. The monoisotopic (exact) mass is 384 g/mol. The molecule has 0 aromatic heterocycles. The van der Waals surface area contributed by atoms with Gasteiger partial charge in [0.05, 0.1) is 19.3 Å².